The lowest BCUT2D eigenvalue weighted by molar-refractivity contribution is -0.127. The normalized spacial score (nSPS) is 13.2. The molecule has 2 atom stereocenters. The number of rotatable bonds is 6. The van der Waals surface area contributed by atoms with Crippen LogP contribution in [0.15, 0.2) is 54.6 Å². The quantitative estimate of drug-likeness (QED) is 0.873. The number of amides is 1. The highest BCUT2D eigenvalue weighted by Crippen LogP contribution is 2.17. The maximum Gasteiger partial charge on any atom is 0.260 e. The summed E-state index contributed by atoms with van der Waals surface area (Å²) in [4.78, 5) is 12.1. The molecule has 1 N–H and O–H groups in total. The molecule has 0 spiro atoms. The van der Waals surface area contributed by atoms with Gasteiger partial charge in [-0.3, -0.25) is 4.79 Å². The lowest BCUT2D eigenvalue weighted by Crippen LogP contribution is -2.38. The van der Waals surface area contributed by atoms with Gasteiger partial charge in [-0.2, -0.15) is 0 Å². The fourth-order valence-electron chi connectivity index (χ4n) is 2.07. The zero-order valence-corrected chi connectivity index (χ0v) is 13.5. The molecule has 2 unspecified atom stereocenters. The van der Waals surface area contributed by atoms with Crippen molar-refractivity contribution >= 4 is 17.5 Å². The first-order valence-corrected chi connectivity index (χ1v) is 7.69. The van der Waals surface area contributed by atoms with Crippen LogP contribution in [0.25, 0.3) is 0 Å². The molecule has 0 bridgehead atoms. The third-order valence-electron chi connectivity index (χ3n) is 3.45. The number of carbonyl (C=O) groups is 1. The van der Waals surface area contributed by atoms with Gasteiger partial charge in [-0.1, -0.05) is 48.9 Å². The Balaban J connectivity index is 1.82. The molecule has 0 saturated carbocycles. The molecule has 0 fully saturated rings. The summed E-state index contributed by atoms with van der Waals surface area (Å²) in [6.07, 6.45) is -0.552. The Bertz CT molecular complexity index is 598. The highest BCUT2D eigenvalue weighted by atomic mass is 35.5. The largest absolute Gasteiger partial charge is 0.481 e. The Labute approximate surface area is 136 Å². The number of benzene rings is 2. The molecule has 0 aliphatic carbocycles. The van der Waals surface area contributed by atoms with E-state index in [1.807, 2.05) is 18.2 Å². The summed E-state index contributed by atoms with van der Waals surface area (Å²) in [6, 6.07) is 17.1. The highest BCUT2D eigenvalue weighted by Gasteiger charge is 2.15. The molecule has 0 radical (unpaired) electrons. The first-order chi connectivity index (χ1) is 10.6. The van der Waals surface area contributed by atoms with Gasteiger partial charge < -0.3 is 10.1 Å². The maximum absolute atomic E-state index is 12.1. The molecular weight excluding hydrogens is 298 g/mol. The third-order valence-corrected chi connectivity index (χ3v) is 3.70. The Morgan fingerprint density at radius 1 is 1.09 bits per heavy atom. The highest BCUT2D eigenvalue weighted by molar-refractivity contribution is 6.30. The van der Waals surface area contributed by atoms with Crippen LogP contribution >= 0.6 is 11.6 Å². The van der Waals surface area contributed by atoms with Crippen LogP contribution < -0.4 is 10.1 Å². The lowest BCUT2D eigenvalue weighted by atomic mass is 10.0. The Morgan fingerprint density at radius 2 is 1.73 bits per heavy atom. The van der Waals surface area contributed by atoms with Crippen molar-refractivity contribution in [2.45, 2.75) is 25.9 Å². The van der Waals surface area contributed by atoms with Crippen LogP contribution in [-0.2, 0) is 4.79 Å². The smallest absolute Gasteiger partial charge is 0.260 e. The fraction of sp³-hybridized carbons (Fsp3) is 0.278. The van der Waals surface area contributed by atoms with Crippen molar-refractivity contribution in [3.63, 3.8) is 0 Å². The van der Waals surface area contributed by atoms with Crippen molar-refractivity contribution < 1.29 is 9.53 Å². The molecule has 1 amide bonds. The van der Waals surface area contributed by atoms with E-state index in [1.54, 1.807) is 31.2 Å². The molecule has 0 heterocycles. The summed E-state index contributed by atoms with van der Waals surface area (Å²) >= 11 is 5.82. The van der Waals surface area contributed by atoms with Gasteiger partial charge in [-0.15, -0.1) is 0 Å². The number of hydrogen-bond donors (Lipinski definition) is 1. The molecule has 2 aromatic rings. The van der Waals surface area contributed by atoms with Crippen LogP contribution in [0.1, 0.15) is 25.3 Å². The minimum Gasteiger partial charge on any atom is -0.481 e. The van der Waals surface area contributed by atoms with E-state index in [9.17, 15) is 4.79 Å². The summed E-state index contributed by atoms with van der Waals surface area (Å²) in [5.74, 6) is 0.758. The van der Waals surface area contributed by atoms with Crippen molar-refractivity contribution in [1.29, 1.82) is 0 Å². The monoisotopic (exact) mass is 317 g/mol. The van der Waals surface area contributed by atoms with E-state index >= 15 is 0 Å². The van der Waals surface area contributed by atoms with Crippen LogP contribution in [0.4, 0.5) is 0 Å². The second-order valence-electron chi connectivity index (χ2n) is 5.27. The minimum atomic E-state index is -0.552. The van der Waals surface area contributed by atoms with Gasteiger partial charge >= 0.3 is 0 Å². The molecular formula is C18H20ClNO2. The van der Waals surface area contributed by atoms with Gasteiger partial charge in [0.1, 0.15) is 5.75 Å². The Kier molecular flexibility index (Phi) is 5.84. The number of halogens is 1. The first-order valence-electron chi connectivity index (χ1n) is 7.31. The number of ether oxygens (including phenoxy) is 1. The Morgan fingerprint density at radius 3 is 2.36 bits per heavy atom. The molecule has 2 rings (SSSR count). The summed E-state index contributed by atoms with van der Waals surface area (Å²) in [7, 11) is 0. The minimum absolute atomic E-state index is 0.127. The summed E-state index contributed by atoms with van der Waals surface area (Å²) in [5.41, 5.74) is 1.20. The zero-order valence-electron chi connectivity index (χ0n) is 12.8. The average molecular weight is 318 g/mol. The van der Waals surface area contributed by atoms with E-state index in [1.165, 1.54) is 5.56 Å². The van der Waals surface area contributed by atoms with Crippen molar-refractivity contribution in [2.24, 2.45) is 0 Å². The van der Waals surface area contributed by atoms with Gasteiger partial charge in [-0.25, -0.2) is 0 Å². The molecule has 2 aromatic carbocycles. The summed E-state index contributed by atoms with van der Waals surface area (Å²) < 4.78 is 5.60. The van der Waals surface area contributed by atoms with Crippen LogP contribution in [0.5, 0.6) is 5.75 Å². The molecule has 0 saturated heterocycles. The van der Waals surface area contributed by atoms with Crippen molar-refractivity contribution in [2.75, 3.05) is 6.54 Å². The second-order valence-corrected chi connectivity index (χ2v) is 5.71. The number of carbonyl (C=O) groups excluding carboxylic acids is 1. The zero-order chi connectivity index (χ0) is 15.9. The first kappa shape index (κ1) is 16.4. The van der Waals surface area contributed by atoms with Gasteiger partial charge in [-0.05, 0) is 42.7 Å². The van der Waals surface area contributed by atoms with Gasteiger partial charge in [0.15, 0.2) is 6.10 Å². The average Bonchev–Trinajstić information content (AvgIpc) is 2.55. The van der Waals surface area contributed by atoms with Crippen molar-refractivity contribution in [3.8, 4) is 5.75 Å². The number of nitrogens with one attached hydrogen (secondary N) is 1. The topological polar surface area (TPSA) is 38.3 Å². The van der Waals surface area contributed by atoms with Gasteiger partial charge in [0.25, 0.3) is 5.91 Å². The Hall–Kier alpha value is -2.00. The SMILES string of the molecule is CC(Oc1ccc(Cl)cc1)C(=O)NCC(C)c1ccccc1. The van der Waals surface area contributed by atoms with Crippen LogP contribution in [0, 0.1) is 0 Å². The second kappa shape index (κ2) is 7.85. The van der Waals surface area contributed by atoms with Crippen molar-refractivity contribution in [3.05, 3.63) is 65.2 Å². The molecule has 116 valence electrons. The molecule has 3 nitrogen and oxygen atoms in total. The maximum atomic E-state index is 12.1. The van der Waals surface area contributed by atoms with E-state index in [0.717, 1.165) is 0 Å². The van der Waals surface area contributed by atoms with E-state index in [2.05, 4.69) is 24.4 Å². The van der Waals surface area contributed by atoms with Gasteiger partial charge in [0.2, 0.25) is 0 Å². The van der Waals surface area contributed by atoms with E-state index in [0.29, 0.717) is 17.3 Å². The summed E-state index contributed by atoms with van der Waals surface area (Å²) in [5, 5.41) is 3.56. The molecule has 4 heteroatoms. The predicted molar refractivity (Wildman–Crippen MR) is 89.4 cm³/mol. The van der Waals surface area contributed by atoms with Crippen LogP contribution in [0.3, 0.4) is 0 Å². The molecule has 0 aliphatic rings. The summed E-state index contributed by atoms with van der Waals surface area (Å²) in [6.45, 7) is 4.40. The third kappa shape index (κ3) is 4.78. The van der Waals surface area contributed by atoms with Crippen molar-refractivity contribution in [1.82, 2.24) is 5.32 Å². The van der Waals surface area contributed by atoms with Crippen LogP contribution in [0.2, 0.25) is 5.02 Å². The number of hydrogen-bond acceptors (Lipinski definition) is 2. The van der Waals surface area contributed by atoms with Crippen LogP contribution in [-0.4, -0.2) is 18.6 Å². The predicted octanol–water partition coefficient (Wildman–Crippen LogP) is 4.03. The molecule has 22 heavy (non-hydrogen) atoms. The lowest BCUT2D eigenvalue weighted by Gasteiger charge is -2.17. The molecule has 0 aliphatic heterocycles. The van der Waals surface area contributed by atoms with E-state index < -0.39 is 6.10 Å². The van der Waals surface area contributed by atoms with Gasteiger partial charge in [0.05, 0.1) is 0 Å². The fourth-order valence-corrected chi connectivity index (χ4v) is 2.19. The molecule has 0 aromatic heterocycles. The van der Waals surface area contributed by atoms with E-state index in [4.69, 9.17) is 16.3 Å². The van der Waals surface area contributed by atoms with E-state index in [-0.39, 0.29) is 11.8 Å². The standard InChI is InChI=1S/C18H20ClNO2/c1-13(15-6-4-3-5-7-15)12-20-18(21)14(2)22-17-10-8-16(19)9-11-17/h3-11,13-14H,12H2,1-2H3,(H,20,21). The van der Waals surface area contributed by atoms with Gasteiger partial charge in [0, 0.05) is 11.6 Å².